The highest BCUT2D eigenvalue weighted by Crippen LogP contribution is 2.42. The second kappa shape index (κ2) is 6.25. The highest BCUT2D eigenvalue weighted by atomic mass is 79.9. The largest absolute Gasteiger partial charge is 0.495 e. The minimum atomic E-state index is -3.07. The minimum Gasteiger partial charge on any atom is -0.495 e. The lowest BCUT2D eigenvalue weighted by molar-refractivity contribution is 0.386. The van der Waals surface area contributed by atoms with E-state index in [0.29, 0.717) is 16.0 Å². The van der Waals surface area contributed by atoms with Crippen LogP contribution in [-0.4, -0.2) is 34.6 Å². The van der Waals surface area contributed by atoms with E-state index in [1.54, 1.807) is 19.2 Å². The number of halogens is 2. The molecule has 0 bridgehead atoms. The normalized spacial score (nSPS) is 13.2. The van der Waals surface area contributed by atoms with Crippen molar-refractivity contribution in [1.29, 1.82) is 0 Å². The second-order valence-electron chi connectivity index (χ2n) is 3.76. The summed E-state index contributed by atoms with van der Waals surface area (Å²) in [4.78, 5) is -0.329. The molecular weight excluding hydrogens is 388 g/mol. The zero-order valence-corrected chi connectivity index (χ0v) is 14.2. The Labute approximate surface area is 124 Å². The average molecular weight is 402 g/mol. The first-order valence-corrected chi connectivity index (χ1v) is 8.79. The fourth-order valence-corrected chi connectivity index (χ4v) is 4.72. The maximum absolute atomic E-state index is 11.3. The summed E-state index contributed by atoms with van der Waals surface area (Å²) in [6, 6.07) is 3.55. The molecule has 102 valence electrons. The van der Waals surface area contributed by atoms with Gasteiger partial charge in [-0.1, -0.05) is 22.0 Å². The number of ether oxygens (including phenoxy) is 2. The molecule has 0 aliphatic carbocycles. The molecule has 1 aromatic carbocycles. The molecule has 0 aliphatic rings. The van der Waals surface area contributed by atoms with E-state index in [4.69, 9.17) is 9.47 Å². The lowest BCUT2D eigenvalue weighted by Gasteiger charge is -2.16. The molecule has 0 aliphatic heterocycles. The monoisotopic (exact) mass is 400 g/mol. The molecule has 18 heavy (non-hydrogen) atoms. The van der Waals surface area contributed by atoms with Crippen LogP contribution >= 0.6 is 31.9 Å². The Morgan fingerprint density at radius 3 is 2.33 bits per heavy atom. The van der Waals surface area contributed by atoms with Crippen molar-refractivity contribution in [3.05, 3.63) is 22.2 Å². The van der Waals surface area contributed by atoms with Crippen molar-refractivity contribution in [2.24, 2.45) is 0 Å². The van der Waals surface area contributed by atoms with Crippen LogP contribution in [0, 0.1) is 0 Å². The Kier molecular flexibility index (Phi) is 5.48. The maximum atomic E-state index is 11.3. The number of methoxy groups -OCH3 is 2. The fraction of sp³-hybridized carbons (Fsp3) is 0.455. The van der Waals surface area contributed by atoms with Crippen molar-refractivity contribution in [1.82, 2.24) is 0 Å². The summed E-state index contributed by atoms with van der Waals surface area (Å²) in [7, 11) is 0.0138. The molecule has 1 atom stereocenters. The lowest BCUT2D eigenvalue weighted by atomic mass is 10.1. The zero-order chi connectivity index (χ0) is 13.9. The Morgan fingerprint density at radius 2 is 1.89 bits per heavy atom. The molecule has 0 amide bonds. The smallest absolute Gasteiger partial charge is 0.148 e. The van der Waals surface area contributed by atoms with E-state index in [2.05, 4.69) is 31.9 Å². The van der Waals surface area contributed by atoms with E-state index in [1.807, 2.05) is 0 Å². The third-order valence-electron chi connectivity index (χ3n) is 2.30. The fourth-order valence-electron chi connectivity index (χ4n) is 1.52. The van der Waals surface area contributed by atoms with Gasteiger partial charge in [-0.15, -0.1) is 0 Å². The van der Waals surface area contributed by atoms with Crippen molar-refractivity contribution in [2.45, 2.75) is 4.83 Å². The molecule has 0 saturated heterocycles. The lowest BCUT2D eigenvalue weighted by Crippen LogP contribution is -2.10. The quantitative estimate of drug-likeness (QED) is 0.711. The summed E-state index contributed by atoms with van der Waals surface area (Å²) in [5, 5.41) is 0. The molecule has 0 heterocycles. The Hall–Kier alpha value is -0.270. The first-order chi connectivity index (χ1) is 8.30. The Balaban J connectivity index is 3.21. The molecule has 0 aromatic heterocycles. The van der Waals surface area contributed by atoms with Crippen LogP contribution < -0.4 is 9.47 Å². The van der Waals surface area contributed by atoms with Crippen LogP contribution in [0.4, 0.5) is 0 Å². The predicted octanol–water partition coefficient (Wildman–Crippen LogP) is 2.95. The molecule has 0 fully saturated rings. The van der Waals surface area contributed by atoms with Gasteiger partial charge in [0.25, 0.3) is 0 Å². The van der Waals surface area contributed by atoms with Crippen molar-refractivity contribution < 1.29 is 17.9 Å². The predicted molar refractivity (Wildman–Crippen MR) is 78.6 cm³/mol. The highest BCUT2D eigenvalue weighted by molar-refractivity contribution is 9.10. The summed E-state index contributed by atoms with van der Waals surface area (Å²) >= 11 is 6.75. The van der Waals surface area contributed by atoms with Gasteiger partial charge >= 0.3 is 0 Å². The van der Waals surface area contributed by atoms with Gasteiger partial charge in [-0.2, -0.15) is 0 Å². The molecule has 0 radical (unpaired) electrons. The van der Waals surface area contributed by atoms with Gasteiger partial charge in [-0.25, -0.2) is 8.42 Å². The van der Waals surface area contributed by atoms with Crippen LogP contribution in [0.1, 0.15) is 10.4 Å². The van der Waals surface area contributed by atoms with E-state index >= 15 is 0 Å². The molecular formula is C11H14Br2O4S. The SMILES string of the molecule is COc1ccc(C(Br)CS(C)(=O)=O)c(OC)c1Br. The summed E-state index contributed by atoms with van der Waals surface area (Å²) in [6.07, 6.45) is 1.20. The van der Waals surface area contributed by atoms with Gasteiger partial charge in [0.2, 0.25) is 0 Å². The van der Waals surface area contributed by atoms with Crippen LogP contribution in [0.2, 0.25) is 0 Å². The van der Waals surface area contributed by atoms with Gasteiger partial charge < -0.3 is 9.47 Å². The van der Waals surface area contributed by atoms with Gasteiger partial charge in [0.05, 0.1) is 24.8 Å². The summed E-state index contributed by atoms with van der Waals surface area (Å²) in [5.41, 5.74) is 0.760. The number of hydrogen-bond donors (Lipinski definition) is 0. The molecule has 1 rings (SSSR count). The van der Waals surface area contributed by atoms with Crippen molar-refractivity contribution in [3.8, 4) is 11.5 Å². The molecule has 0 saturated carbocycles. The van der Waals surface area contributed by atoms with Crippen LogP contribution in [0.25, 0.3) is 0 Å². The van der Waals surface area contributed by atoms with Crippen LogP contribution in [0.15, 0.2) is 16.6 Å². The second-order valence-corrected chi connectivity index (χ2v) is 7.85. The molecule has 1 aromatic rings. The number of benzene rings is 1. The van der Waals surface area contributed by atoms with Crippen LogP contribution in [-0.2, 0) is 9.84 Å². The zero-order valence-electron chi connectivity index (χ0n) is 10.2. The number of alkyl halides is 1. The summed E-state index contributed by atoms with van der Waals surface area (Å²) in [6.45, 7) is 0. The standard InChI is InChI=1S/C11H14Br2O4S/c1-16-9-5-4-7(11(17-2)10(9)13)8(12)6-18(3,14)15/h4-5,8H,6H2,1-3H3. The van der Waals surface area contributed by atoms with Gasteiger partial charge in [-0.3, -0.25) is 0 Å². The maximum Gasteiger partial charge on any atom is 0.148 e. The Bertz CT molecular complexity index is 528. The third-order valence-corrected chi connectivity index (χ3v) is 5.24. The topological polar surface area (TPSA) is 52.6 Å². The molecule has 4 nitrogen and oxygen atoms in total. The number of sulfone groups is 1. The minimum absolute atomic E-state index is 0.00211. The van der Waals surface area contributed by atoms with Gasteiger partial charge in [0.1, 0.15) is 25.8 Å². The van der Waals surface area contributed by atoms with Gasteiger partial charge in [0, 0.05) is 11.8 Å². The van der Waals surface area contributed by atoms with E-state index < -0.39 is 9.84 Å². The Morgan fingerprint density at radius 1 is 1.28 bits per heavy atom. The third kappa shape index (κ3) is 3.86. The first-order valence-electron chi connectivity index (χ1n) is 5.02. The van der Waals surface area contributed by atoms with Gasteiger partial charge in [0.15, 0.2) is 0 Å². The van der Waals surface area contributed by atoms with E-state index in [-0.39, 0.29) is 10.6 Å². The van der Waals surface area contributed by atoms with Crippen molar-refractivity contribution >= 4 is 41.7 Å². The average Bonchev–Trinajstić information content (AvgIpc) is 2.26. The van der Waals surface area contributed by atoms with Crippen LogP contribution in [0.3, 0.4) is 0 Å². The summed E-state index contributed by atoms with van der Waals surface area (Å²) in [5.74, 6) is 1.21. The molecule has 7 heteroatoms. The highest BCUT2D eigenvalue weighted by Gasteiger charge is 2.21. The summed E-state index contributed by atoms with van der Waals surface area (Å²) < 4.78 is 33.8. The van der Waals surface area contributed by atoms with Crippen molar-refractivity contribution in [2.75, 3.05) is 26.2 Å². The van der Waals surface area contributed by atoms with E-state index in [9.17, 15) is 8.42 Å². The molecule has 0 spiro atoms. The number of rotatable bonds is 5. The number of hydrogen-bond acceptors (Lipinski definition) is 4. The van der Waals surface area contributed by atoms with E-state index in [1.165, 1.54) is 13.4 Å². The molecule has 1 unspecified atom stereocenters. The van der Waals surface area contributed by atoms with Crippen molar-refractivity contribution in [3.63, 3.8) is 0 Å². The van der Waals surface area contributed by atoms with E-state index in [0.717, 1.165) is 5.56 Å². The first kappa shape index (κ1) is 15.8. The van der Waals surface area contributed by atoms with Gasteiger partial charge in [-0.05, 0) is 22.0 Å². The van der Waals surface area contributed by atoms with Crippen LogP contribution in [0.5, 0.6) is 11.5 Å². The molecule has 0 N–H and O–H groups in total.